The third kappa shape index (κ3) is 2.38. The molecule has 1 rings (SSSR count). The first-order valence-electron chi connectivity index (χ1n) is 4.32. The van der Waals surface area contributed by atoms with Crippen LogP contribution >= 0.6 is 11.3 Å². The maximum Gasteiger partial charge on any atom is 0.225 e. The lowest BCUT2D eigenvalue weighted by Crippen LogP contribution is -2.08. The molecule has 1 aromatic heterocycles. The number of ketones is 1. The molecule has 0 bridgehead atoms. The Balaban J connectivity index is 2.86. The zero-order chi connectivity index (χ0) is 10.7. The maximum atomic E-state index is 11.1. The normalized spacial score (nSPS) is 9.93. The number of hydrogen-bond acceptors (Lipinski definition) is 4. The minimum absolute atomic E-state index is 0.0167. The highest BCUT2D eigenvalue weighted by atomic mass is 32.1. The van der Waals surface area contributed by atoms with Crippen LogP contribution in [0.3, 0.4) is 0 Å². The van der Waals surface area contributed by atoms with Gasteiger partial charge in [0.05, 0.1) is 10.6 Å². The van der Waals surface area contributed by atoms with Gasteiger partial charge >= 0.3 is 0 Å². The number of nitrogens with one attached hydrogen (secondary N) is 1. The Hall–Kier alpha value is -1.23. The van der Waals surface area contributed by atoms with E-state index < -0.39 is 0 Å². The summed E-state index contributed by atoms with van der Waals surface area (Å²) in [6.07, 6.45) is 0.411. The first kappa shape index (κ1) is 10.8. The van der Waals surface area contributed by atoms with Crippen LogP contribution in [0.4, 0.5) is 5.13 Å². The number of anilines is 1. The summed E-state index contributed by atoms with van der Waals surface area (Å²) in [6, 6.07) is 0. The second-order valence-electron chi connectivity index (χ2n) is 2.89. The molecule has 14 heavy (non-hydrogen) atoms. The van der Waals surface area contributed by atoms with Gasteiger partial charge in [-0.15, -0.1) is 0 Å². The van der Waals surface area contributed by atoms with Crippen LogP contribution in [0.5, 0.6) is 0 Å². The lowest BCUT2D eigenvalue weighted by molar-refractivity contribution is -0.115. The Labute approximate surface area is 86.4 Å². The van der Waals surface area contributed by atoms with Crippen molar-refractivity contribution in [2.24, 2.45) is 0 Å². The van der Waals surface area contributed by atoms with Gasteiger partial charge in [0.25, 0.3) is 0 Å². The highest BCUT2D eigenvalue weighted by molar-refractivity contribution is 7.17. The molecule has 1 heterocycles. The molecule has 0 fully saturated rings. The molecule has 0 aliphatic rings. The molecule has 4 nitrogen and oxygen atoms in total. The molecule has 0 saturated carbocycles. The first-order chi connectivity index (χ1) is 6.54. The van der Waals surface area contributed by atoms with Crippen molar-refractivity contribution in [2.45, 2.75) is 27.2 Å². The number of rotatable bonds is 3. The minimum Gasteiger partial charge on any atom is -0.302 e. The Morgan fingerprint density at radius 2 is 2.14 bits per heavy atom. The molecule has 0 atom stereocenters. The van der Waals surface area contributed by atoms with Gasteiger partial charge in [0, 0.05) is 13.3 Å². The van der Waals surface area contributed by atoms with Crippen molar-refractivity contribution in [3.63, 3.8) is 0 Å². The van der Waals surface area contributed by atoms with E-state index in [0.717, 1.165) is 0 Å². The number of Topliss-reactive ketones (excluding diaryl/α,β-unsaturated/α-hetero) is 1. The lowest BCUT2D eigenvalue weighted by atomic mass is 10.3. The zero-order valence-electron chi connectivity index (χ0n) is 8.38. The number of aromatic nitrogens is 1. The molecular weight excluding hydrogens is 200 g/mol. The summed E-state index contributed by atoms with van der Waals surface area (Å²) >= 11 is 1.22. The van der Waals surface area contributed by atoms with Gasteiger partial charge in [-0.3, -0.25) is 9.59 Å². The minimum atomic E-state index is -0.0890. The summed E-state index contributed by atoms with van der Waals surface area (Å²) in [5.74, 6) is -0.106. The molecule has 0 radical (unpaired) electrons. The van der Waals surface area contributed by atoms with Crippen molar-refractivity contribution < 1.29 is 9.59 Å². The van der Waals surface area contributed by atoms with E-state index in [-0.39, 0.29) is 11.7 Å². The van der Waals surface area contributed by atoms with Crippen LogP contribution in [0.15, 0.2) is 0 Å². The van der Waals surface area contributed by atoms with Crippen LogP contribution in [0.2, 0.25) is 0 Å². The summed E-state index contributed by atoms with van der Waals surface area (Å²) in [5, 5.41) is 3.12. The predicted octanol–water partition coefficient (Wildman–Crippen LogP) is 2.00. The number of thiazole rings is 1. The Bertz CT molecular complexity index is 371. The van der Waals surface area contributed by atoms with E-state index in [4.69, 9.17) is 0 Å². The Morgan fingerprint density at radius 3 is 2.57 bits per heavy atom. The van der Waals surface area contributed by atoms with Gasteiger partial charge < -0.3 is 5.32 Å². The lowest BCUT2D eigenvalue weighted by Gasteiger charge is -1.95. The van der Waals surface area contributed by atoms with E-state index >= 15 is 0 Å². The fourth-order valence-corrected chi connectivity index (χ4v) is 1.86. The molecule has 5 heteroatoms. The highest BCUT2D eigenvalue weighted by Gasteiger charge is 2.12. The van der Waals surface area contributed by atoms with Gasteiger partial charge in [0.15, 0.2) is 10.9 Å². The summed E-state index contributed by atoms with van der Waals surface area (Å²) in [7, 11) is 0. The van der Waals surface area contributed by atoms with E-state index in [1.807, 2.05) is 0 Å². The molecule has 0 spiro atoms. The van der Waals surface area contributed by atoms with Gasteiger partial charge in [0.2, 0.25) is 5.91 Å². The summed E-state index contributed by atoms with van der Waals surface area (Å²) in [5.41, 5.74) is 0.675. The molecular formula is C9H12N2O2S. The largest absolute Gasteiger partial charge is 0.302 e. The number of nitrogens with zero attached hydrogens (tertiary/aromatic N) is 1. The van der Waals surface area contributed by atoms with Crippen molar-refractivity contribution in [3.05, 3.63) is 10.6 Å². The van der Waals surface area contributed by atoms with Crippen molar-refractivity contribution in [2.75, 3.05) is 5.32 Å². The zero-order valence-corrected chi connectivity index (χ0v) is 9.20. The SMILES string of the molecule is CCC(=O)Nc1nc(C)c(C(C)=O)s1. The van der Waals surface area contributed by atoms with Crippen molar-refractivity contribution in [1.82, 2.24) is 4.98 Å². The highest BCUT2D eigenvalue weighted by Crippen LogP contribution is 2.22. The monoisotopic (exact) mass is 212 g/mol. The first-order valence-corrected chi connectivity index (χ1v) is 5.14. The van der Waals surface area contributed by atoms with Crippen LogP contribution in [0.1, 0.15) is 35.6 Å². The molecule has 0 aliphatic carbocycles. The molecule has 1 aromatic rings. The van der Waals surface area contributed by atoms with Crippen molar-refractivity contribution >= 4 is 28.2 Å². The maximum absolute atomic E-state index is 11.1. The smallest absolute Gasteiger partial charge is 0.225 e. The predicted molar refractivity (Wildman–Crippen MR) is 55.8 cm³/mol. The van der Waals surface area contributed by atoms with Crippen molar-refractivity contribution in [3.8, 4) is 0 Å². The van der Waals surface area contributed by atoms with Crippen LogP contribution in [-0.2, 0) is 4.79 Å². The van der Waals surface area contributed by atoms with Gasteiger partial charge in [-0.25, -0.2) is 4.98 Å². The number of carbonyl (C=O) groups excluding carboxylic acids is 2. The molecule has 0 aromatic carbocycles. The molecule has 76 valence electrons. The quantitative estimate of drug-likeness (QED) is 0.779. The van der Waals surface area contributed by atoms with Crippen LogP contribution in [-0.4, -0.2) is 16.7 Å². The Kier molecular flexibility index (Phi) is 3.35. The summed E-state index contributed by atoms with van der Waals surface area (Å²) in [4.78, 5) is 26.8. The van der Waals surface area contributed by atoms with E-state index in [9.17, 15) is 9.59 Å². The second kappa shape index (κ2) is 4.32. The van der Waals surface area contributed by atoms with Gasteiger partial charge in [-0.1, -0.05) is 18.3 Å². The number of amides is 1. The second-order valence-corrected chi connectivity index (χ2v) is 3.89. The van der Waals surface area contributed by atoms with Gasteiger partial charge in [-0.05, 0) is 6.92 Å². The average Bonchev–Trinajstić information content (AvgIpc) is 2.46. The van der Waals surface area contributed by atoms with E-state index in [1.54, 1.807) is 13.8 Å². The molecule has 0 saturated heterocycles. The number of hydrogen-bond donors (Lipinski definition) is 1. The Morgan fingerprint density at radius 1 is 1.50 bits per heavy atom. The number of carbonyl (C=O) groups is 2. The molecule has 1 N–H and O–H groups in total. The van der Waals surface area contributed by atoms with Gasteiger partial charge in [-0.2, -0.15) is 0 Å². The summed E-state index contributed by atoms with van der Waals surface area (Å²) in [6.45, 7) is 5.02. The topological polar surface area (TPSA) is 59.1 Å². The average molecular weight is 212 g/mol. The van der Waals surface area contributed by atoms with E-state index in [0.29, 0.717) is 22.1 Å². The third-order valence-electron chi connectivity index (χ3n) is 1.68. The number of aryl methyl sites for hydroxylation is 1. The molecule has 0 aliphatic heterocycles. The van der Waals surface area contributed by atoms with Gasteiger partial charge in [0.1, 0.15) is 0 Å². The summed E-state index contributed by atoms with van der Waals surface area (Å²) < 4.78 is 0. The standard InChI is InChI=1S/C9H12N2O2S/c1-4-7(13)11-9-10-5(2)8(14-9)6(3)12/h4H2,1-3H3,(H,10,11,13). The molecule has 1 amide bonds. The van der Waals surface area contributed by atoms with Crippen LogP contribution in [0, 0.1) is 6.92 Å². The van der Waals surface area contributed by atoms with E-state index in [1.165, 1.54) is 18.3 Å². The fourth-order valence-electron chi connectivity index (χ4n) is 0.984. The van der Waals surface area contributed by atoms with E-state index in [2.05, 4.69) is 10.3 Å². The fraction of sp³-hybridized carbons (Fsp3) is 0.444. The van der Waals surface area contributed by atoms with Crippen LogP contribution in [0.25, 0.3) is 0 Å². The van der Waals surface area contributed by atoms with Crippen molar-refractivity contribution in [1.29, 1.82) is 0 Å². The third-order valence-corrected chi connectivity index (χ3v) is 2.86. The van der Waals surface area contributed by atoms with Crippen LogP contribution < -0.4 is 5.32 Å². The molecule has 0 unspecified atom stereocenters.